The summed E-state index contributed by atoms with van der Waals surface area (Å²) < 4.78 is 27.0. The Balaban J connectivity index is 2.00. The van der Waals surface area contributed by atoms with Crippen molar-refractivity contribution in [3.63, 3.8) is 0 Å². The van der Waals surface area contributed by atoms with Gasteiger partial charge in [-0.2, -0.15) is 0 Å². The average Bonchev–Trinajstić information content (AvgIpc) is 2.78. The minimum absolute atomic E-state index is 0.263. The highest BCUT2D eigenvalue weighted by Gasteiger charge is 2.32. The van der Waals surface area contributed by atoms with Crippen LogP contribution < -0.4 is 14.2 Å². The average molecular weight is 452 g/mol. The van der Waals surface area contributed by atoms with Gasteiger partial charge in [-0.3, -0.25) is 0 Å². The Bertz CT molecular complexity index is 1010. The fourth-order valence-electron chi connectivity index (χ4n) is 3.45. The Kier molecular flexibility index (Phi) is 7.88. The molecule has 0 heterocycles. The molecule has 1 N–H and O–H groups in total. The lowest BCUT2D eigenvalue weighted by molar-refractivity contribution is 0.406. The van der Waals surface area contributed by atoms with E-state index in [0.29, 0.717) is 0 Å². The molecule has 0 amide bonds. The van der Waals surface area contributed by atoms with Crippen molar-refractivity contribution in [3.05, 3.63) is 94.5 Å². The molecule has 2 atom stereocenters. The number of rotatable bonds is 8. The van der Waals surface area contributed by atoms with Crippen molar-refractivity contribution in [2.75, 3.05) is 14.2 Å². The number of aryl methyl sites for hydroxylation is 1. The van der Waals surface area contributed by atoms with Crippen LogP contribution in [-0.4, -0.2) is 23.5 Å². The lowest BCUT2D eigenvalue weighted by atomic mass is 9.94. The van der Waals surface area contributed by atoms with Crippen LogP contribution in [0.2, 0.25) is 0 Å². The Hall–Kier alpha value is -2.47. The maximum atomic E-state index is 13.1. The van der Waals surface area contributed by atoms with Crippen LogP contribution >= 0.6 is 0 Å². The zero-order chi connectivity index (χ0) is 23.3. The van der Waals surface area contributed by atoms with Gasteiger partial charge in [0.15, 0.2) is 0 Å². The van der Waals surface area contributed by atoms with E-state index in [1.54, 1.807) is 14.2 Å². The van der Waals surface area contributed by atoms with E-state index in [9.17, 15) is 4.55 Å². The Morgan fingerprint density at radius 1 is 0.875 bits per heavy atom. The van der Waals surface area contributed by atoms with E-state index in [4.69, 9.17) is 9.47 Å². The van der Waals surface area contributed by atoms with Crippen LogP contribution in [0, 0.1) is 6.92 Å². The fourth-order valence-corrected chi connectivity index (χ4v) is 4.28. The van der Waals surface area contributed by atoms with Gasteiger partial charge in [-0.05, 0) is 75.1 Å². The lowest BCUT2D eigenvalue weighted by Gasteiger charge is -2.29. The van der Waals surface area contributed by atoms with Crippen molar-refractivity contribution < 1.29 is 14.0 Å². The minimum Gasteiger partial charge on any atom is -0.598 e. The number of benzene rings is 3. The summed E-state index contributed by atoms with van der Waals surface area (Å²) in [4.78, 5) is 0. The molecule has 0 aliphatic carbocycles. The second kappa shape index (κ2) is 10.4. The number of hydrogen-bond acceptors (Lipinski definition) is 4. The predicted molar refractivity (Wildman–Crippen MR) is 133 cm³/mol. The predicted octanol–water partition coefficient (Wildman–Crippen LogP) is 5.74. The van der Waals surface area contributed by atoms with Gasteiger partial charge in [0.2, 0.25) is 0 Å². The molecule has 3 aromatic carbocycles. The summed E-state index contributed by atoms with van der Waals surface area (Å²) in [6.45, 7) is 7.98. The molecule has 0 spiro atoms. The van der Waals surface area contributed by atoms with Crippen LogP contribution in [0.3, 0.4) is 0 Å². The van der Waals surface area contributed by atoms with Crippen molar-refractivity contribution in [2.45, 2.75) is 44.9 Å². The normalized spacial score (nSPS) is 13.5. The van der Waals surface area contributed by atoms with Gasteiger partial charge in [0.05, 0.1) is 14.2 Å². The second-order valence-electron chi connectivity index (χ2n) is 8.94. The quantitative estimate of drug-likeness (QED) is 0.444. The first-order valence-electron chi connectivity index (χ1n) is 10.8. The maximum absolute atomic E-state index is 13.1. The van der Waals surface area contributed by atoms with Crippen LogP contribution in [0.25, 0.3) is 0 Å². The van der Waals surface area contributed by atoms with Gasteiger partial charge in [0.1, 0.15) is 22.3 Å². The molecule has 0 fully saturated rings. The Morgan fingerprint density at radius 3 is 2.06 bits per heavy atom. The van der Waals surface area contributed by atoms with Crippen molar-refractivity contribution in [1.29, 1.82) is 0 Å². The molecule has 170 valence electrons. The first-order chi connectivity index (χ1) is 15.2. The molecule has 0 bridgehead atoms. The zero-order valence-corrected chi connectivity index (χ0v) is 20.6. The largest absolute Gasteiger partial charge is 0.598 e. The first kappa shape index (κ1) is 24.2. The highest BCUT2D eigenvalue weighted by Crippen LogP contribution is 2.34. The molecule has 0 aliphatic rings. The Morgan fingerprint density at radius 2 is 1.50 bits per heavy atom. The summed E-state index contributed by atoms with van der Waals surface area (Å²) in [6, 6.07) is 22.4. The van der Waals surface area contributed by atoms with E-state index in [1.807, 2.05) is 39.0 Å². The number of nitrogens with one attached hydrogen (secondary N) is 1. The van der Waals surface area contributed by atoms with Crippen molar-refractivity contribution >= 4 is 11.4 Å². The topological polar surface area (TPSA) is 53.5 Å². The van der Waals surface area contributed by atoms with Crippen molar-refractivity contribution in [3.8, 4) is 11.5 Å². The van der Waals surface area contributed by atoms with E-state index in [1.165, 1.54) is 11.1 Å². The summed E-state index contributed by atoms with van der Waals surface area (Å²) in [5.74, 6) is 1.62. The minimum atomic E-state index is -1.25. The third kappa shape index (κ3) is 6.06. The molecule has 0 radical (unpaired) electrons. The van der Waals surface area contributed by atoms with Crippen LogP contribution in [0.15, 0.2) is 66.7 Å². The third-order valence-electron chi connectivity index (χ3n) is 5.36. The highest BCUT2D eigenvalue weighted by atomic mass is 32.2. The van der Waals surface area contributed by atoms with Gasteiger partial charge in [0, 0.05) is 16.9 Å². The smallest absolute Gasteiger partial charge is 0.136 e. The molecule has 32 heavy (non-hydrogen) atoms. The molecule has 4 nitrogen and oxygen atoms in total. The van der Waals surface area contributed by atoms with Crippen molar-refractivity contribution in [1.82, 2.24) is 4.72 Å². The number of ether oxygens (including phenoxy) is 2. The second-order valence-corrected chi connectivity index (χ2v) is 10.9. The summed E-state index contributed by atoms with van der Waals surface area (Å²) in [5.41, 5.74) is 5.56. The zero-order valence-electron chi connectivity index (χ0n) is 19.8. The first-order valence-corrected chi connectivity index (χ1v) is 11.9. The molecule has 2 unspecified atom stereocenters. The summed E-state index contributed by atoms with van der Waals surface area (Å²) in [6.07, 6.45) is 0.782. The molecular formula is C27H33NO3S. The van der Waals surface area contributed by atoms with Gasteiger partial charge in [-0.25, -0.2) is 0 Å². The summed E-state index contributed by atoms with van der Waals surface area (Å²) in [7, 11) is 3.35. The van der Waals surface area contributed by atoms with Gasteiger partial charge >= 0.3 is 0 Å². The van der Waals surface area contributed by atoms with Crippen LogP contribution in [0.1, 0.15) is 54.6 Å². The maximum Gasteiger partial charge on any atom is 0.136 e. The van der Waals surface area contributed by atoms with E-state index >= 15 is 0 Å². The monoisotopic (exact) mass is 451 g/mol. The van der Waals surface area contributed by atoms with E-state index in [-0.39, 0.29) is 6.04 Å². The van der Waals surface area contributed by atoms with Crippen molar-refractivity contribution in [2.24, 2.45) is 0 Å². The molecular weight excluding hydrogens is 418 g/mol. The summed E-state index contributed by atoms with van der Waals surface area (Å²) >= 11 is -1.25. The van der Waals surface area contributed by atoms with E-state index in [2.05, 4.69) is 60.2 Å². The van der Waals surface area contributed by atoms with E-state index < -0.39 is 16.1 Å². The molecule has 0 aromatic heterocycles. The molecule has 0 saturated carbocycles. The van der Waals surface area contributed by atoms with Gasteiger partial charge in [-0.15, -0.1) is 4.72 Å². The fraction of sp³-hybridized carbons (Fsp3) is 0.333. The van der Waals surface area contributed by atoms with Crippen LogP contribution in [-0.2, 0) is 17.8 Å². The number of methoxy groups -OCH3 is 2. The molecule has 0 saturated heterocycles. The van der Waals surface area contributed by atoms with Gasteiger partial charge in [0.25, 0.3) is 0 Å². The third-order valence-corrected chi connectivity index (χ3v) is 6.93. The molecule has 0 aliphatic heterocycles. The lowest BCUT2D eigenvalue weighted by Crippen LogP contribution is -2.41. The molecule has 5 heteroatoms. The number of hydrogen-bond donors (Lipinski definition) is 1. The van der Waals surface area contributed by atoms with Crippen LogP contribution in [0.4, 0.5) is 0 Å². The Labute approximate surface area is 195 Å². The van der Waals surface area contributed by atoms with E-state index in [0.717, 1.165) is 34.6 Å². The SMILES string of the molecule is COc1ccc(Cc2ccc(OC)c(C(N[S+]([O-])C(C)(C)C)c3ccc(C)cc3)c2)cc1. The standard InChI is InChI=1S/C27H33NO3S/c1-19-7-12-22(13-8-19)26(28-32(29)27(2,3)4)24-18-21(11-16-25(24)31-6)17-20-9-14-23(30-5)15-10-20/h7-16,18,26,28H,17H2,1-6H3. The van der Waals surface area contributed by atoms with Crippen LogP contribution in [0.5, 0.6) is 11.5 Å². The molecule has 3 aromatic rings. The van der Waals surface area contributed by atoms with Gasteiger partial charge in [-0.1, -0.05) is 48.0 Å². The molecule has 3 rings (SSSR count). The van der Waals surface area contributed by atoms with Gasteiger partial charge < -0.3 is 14.0 Å². The highest BCUT2D eigenvalue weighted by molar-refractivity contribution is 7.90. The summed E-state index contributed by atoms with van der Waals surface area (Å²) in [5, 5.41) is 0.